The zero-order valence-electron chi connectivity index (χ0n) is 15.2. The van der Waals surface area contributed by atoms with Gasteiger partial charge in [-0.3, -0.25) is 4.79 Å². The zero-order valence-corrected chi connectivity index (χ0v) is 15.2. The monoisotopic (exact) mass is 388 g/mol. The summed E-state index contributed by atoms with van der Waals surface area (Å²) in [5.41, 5.74) is -2.00. The van der Waals surface area contributed by atoms with Gasteiger partial charge in [0.25, 0.3) is 5.56 Å². The van der Waals surface area contributed by atoms with E-state index in [1.54, 1.807) is 20.8 Å². The fourth-order valence-electron chi connectivity index (χ4n) is 2.51. The molecular weight excluding hydrogens is 372 g/mol. The van der Waals surface area contributed by atoms with Crippen molar-refractivity contribution in [1.82, 2.24) is 9.55 Å². The molecule has 0 fully saturated rings. The van der Waals surface area contributed by atoms with Crippen molar-refractivity contribution in [3.05, 3.63) is 68.9 Å². The summed E-state index contributed by atoms with van der Waals surface area (Å²) in [6.07, 6.45) is -0.779. The molecule has 0 aliphatic heterocycles. The van der Waals surface area contributed by atoms with Crippen LogP contribution in [0.5, 0.6) is 0 Å². The summed E-state index contributed by atoms with van der Waals surface area (Å²) in [6.45, 7) is 5.11. The lowest BCUT2D eigenvalue weighted by Gasteiger charge is -2.29. The predicted octanol–water partition coefficient (Wildman–Crippen LogP) is 2.12. The third-order valence-electron chi connectivity index (χ3n) is 3.66. The molecule has 1 N–H and O–H groups in total. The molecule has 0 aliphatic carbocycles. The Balaban J connectivity index is 2.04. The standard InChI is InChI=1S/C19H17F2N3O4/c1-19(2,3)28-18(27)22-10-4-6-11(7-5-10)24-16(25)12-8-13(20)14(21)9-15(12)23-17(24)26/h4-9H,1-3H3,(H,22,27)(H,23,26)/p-1. The molecule has 0 saturated carbocycles. The van der Waals surface area contributed by atoms with Gasteiger partial charge in [0.2, 0.25) is 0 Å². The number of aliphatic imine (C=N–C) groups is 1. The van der Waals surface area contributed by atoms with Crippen LogP contribution in [-0.4, -0.2) is 21.2 Å². The highest BCUT2D eigenvalue weighted by Crippen LogP contribution is 2.17. The average Bonchev–Trinajstić information content (AvgIpc) is 2.57. The second-order valence-corrected chi connectivity index (χ2v) is 6.99. The Morgan fingerprint density at radius 2 is 1.71 bits per heavy atom. The smallest absolute Gasteiger partial charge is 0.333 e. The van der Waals surface area contributed by atoms with Crippen molar-refractivity contribution in [2.24, 2.45) is 4.99 Å². The zero-order chi connectivity index (χ0) is 20.6. The number of aromatic nitrogens is 2. The number of nitrogens with zero attached hydrogens (tertiary/aromatic N) is 2. The Morgan fingerprint density at radius 1 is 1.11 bits per heavy atom. The summed E-state index contributed by atoms with van der Waals surface area (Å²) in [7, 11) is 0. The Labute approximate surface area is 157 Å². The molecule has 0 atom stereocenters. The van der Waals surface area contributed by atoms with Crippen LogP contribution >= 0.6 is 0 Å². The number of aromatic amines is 1. The fourth-order valence-corrected chi connectivity index (χ4v) is 2.51. The lowest BCUT2D eigenvalue weighted by molar-refractivity contribution is -0.259. The molecule has 0 amide bonds. The van der Waals surface area contributed by atoms with Crippen molar-refractivity contribution in [1.29, 1.82) is 0 Å². The van der Waals surface area contributed by atoms with Crippen LogP contribution in [0.4, 0.5) is 14.5 Å². The van der Waals surface area contributed by atoms with E-state index in [0.717, 1.165) is 16.7 Å². The molecular formula is C19H16F2N3O4-. The van der Waals surface area contributed by atoms with Crippen molar-refractivity contribution in [2.75, 3.05) is 0 Å². The number of ether oxygens (including phenoxy) is 1. The van der Waals surface area contributed by atoms with E-state index in [2.05, 4.69) is 9.98 Å². The first-order valence-electron chi connectivity index (χ1n) is 8.24. The first-order valence-corrected chi connectivity index (χ1v) is 8.24. The van der Waals surface area contributed by atoms with E-state index in [0.29, 0.717) is 0 Å². The van der Waals surface area contributed by atoms with Gasteiger partial charge in [-0.05, 0) is 30.3 Å². The van der Waals surface area contributed by atoms with E-state index >= 15 is 0 Å². The number of nitrogens with one attached hydrogen (secondary N) is 1. The molecule has 3 aromatic rings. The van der Waals surface area contributed by atoms with E-state index in [1.165, 1.54) is 24.3 Å². The van der Waals surface area contributed by atoms with Crippen LogP contribution in [0, 0.1) is 11.6 Å². The Bertz CT molecular complexity index is 1190. The van der Waals surface area contributed by atoms with E-state index in [-0.39, 0.29) is 22.3 Å². The molecule has 9 heteroatoms. The van der Waals surface area contributed by atoms with E-state index in [1.807, 2.05) is 0 Å². The lowest BCUT2D eigenvalue weighted by atomic mass is 10.2. The van der Waals surface area contributed by atoms with Crippen LogP contribution in [0.1, 0.15) is 20.8 Å². The molecule has 0 unspecified atom stereocenters. The minimum absolute atomic E-state index is 0.110. The van der Waals surface area contributed by atoms with Crippen molar-refractivity contribution in [3.63, 3.8) is 0 Å². The summed E-state index contributed by atoms with van der Waals surface area (Å²) >= 11 is 0. The fraction of sp³-hybridized carbons (Fsp3) is 0.211. The highest BCUT2D eigenvalue weighted by Gasteiger charge is 2.13. The molecule has 1 heterocycles. The Kier molecular flexibility index (Phi) is 4.76. The van der Waals surface area contributed by atoms with Gasteiger partial charge in [-0.1, -0.05) is 20.8 Å². The maximum atomic E-state index is 13.5. The van der Waals surface area contributed by atoms with Gasteiger partial charge in [-0.2, -0.15) is 0 Å². The second-order valence-electron chi connectivity index (χ2n) is 6.99. The molecule has 0 saturated heterocycles. The van der Waals surface area contributed by atoms with Crippen LogP contribution < -0.4 is 16.4 Å². The Morgan fingerprint density at radius 3 is 2.32 bits per heavy atom. The maximum Gasteiger partial charge on any atom is 0.333 e. The van der Waals surface area contributed by atoms with Gasteiger partial charge in [-0.15, -0.1) is 0 Å². The number of fused-ring (bicyclic) bond motifs is 1. The number of hydrogen-bond donors (Lipinski definition) is 1. The maximum absolute atomic E-state index is 13.5. The molecule has 28 heavy (non-hydrogen) atoms. The summed E-state index contributed by atoms with van der Waals surface area (Å²) in [4.78, 5) is 31.0. The first-order chi connectivity index (χ1) is 13.0. The number of benzene rings is 2. The minimum Gasteiger partial charge on any atom is -0.594 e. The summed E-state index contributed by atoms with van der Waals surface area (Å²) < 4.78 is 32.7. The van der Waals surface area contributed by atoms with E-state index in [9.17, 15) is 23.5 Å². The lowest BCUT2D eigenvalue weighted by Crippen LogP contribution is -2.33. The van der Waals surface area contributed by atoms with Gasteiger partial charge in [-0.25, -0.2) is 23.1 Å². The number of hydrogen-bond acceptors (Lipinski definition) is 5. The highest BCUT2D eigenvalue weighted by molar-refractivity contribution is 5.77. The third kappa shape index (κ3) is 3.93. The highest BCUT2D eigenvalue weighted by atomic mass is 19.2. The van der Waals surface area contributed by atoms with E-state index < -0.39 is 34.6 Å². The van der Waals surface area contributed by atoms with Crippen LogP contribution in [-0.2, 0) is 4.74 Å². The number of H-pyrrole nitrogens is 1. The van der Waals surface area contributed by atoms with Crippen molar-refractivity contribution < 1.29 is 18.6 Å². The summed E-state index contributed by atoms with van der Waals surface area (Å²) in [5.74, 6) is -2.37. The third-order valence-corrected chi connectivity index (χ3v) is 3.66. The molecule has 7 nitrogen and oxygen atoms in total. The molecule has 1 aromatic heterocycles. The number of rotatable bonds is 2. The predicted molar refractivity (Wildman–Crippen MR) is 98.0 cm³/mol. The number of halogens is 2. The van der Waals surface area contributed by atoms with Gasteiger partial charge in [0.15, 0.2) is 17.7 Å². The molecule has 0 radical (unpaired) electrons. The second kappa shape index (κ2) is 6.91. The average molecular weight is 388 g/mol. The topological polar surface area (TPSA) is 99.5 Å². The normalized spacial score (nSPS) is 12.4. The van der Waals surface area contributed by atoms with Gasteiger partial charge in [0.1, 0.15) is 0 Å². The quantitative estimate of drug-likeness (QED) is 0.537. The Hall–Kier alpha value is -3.49. The molecule has 0 bridgehead atoms. The van der Waals surface area contributed by atoms with Crippen molar-refractivity contribution in [2.45, 2.75) is 26.4 Å². The minimum atomic E-state index is -1.20. The van der Waals surface area contributed by atoms with Crippen LogP contribution in [0.3, 0.4) is 0 Å². The first kappa shape index (κ1) is 19.3. The molecule has 0 spiro atoms. The summed E-state index contributed by atoms with van der Waals surface area (Å²) in [6, 6.07) is 7.10. The van der Waals surface area contributed by atoms with Gasteiger partial charge >= 0.3 is 5.69 Å². The van der Waals surface area contributed by atoms with Gasteiger partial charge < -0.3 is 14.8 Å². The van der Waals surface area contributed by atoms with Crippen LogP contribution in [0.25, 0.3) is 16.6 Å². The van der Waals surface area contributed by atoms with Crippen LogP contribution in [0.15, 0.2) is 51.0 Å². The SMILES string of the molecule is CC(C)(C)OC([O-])=Nc1ccc(-n2c(=O)[nH]c3cc(F)c(F)cc3c2=O)cc1. The van der Waals surface area contributed by atoms with Crippen molar-refractivity contribution in [3.8, 4) is 5.69 Å². The van der Waals surface area contributed by atoms with Gasteiger partial charge in [0.05, 0.1) is 22.3 Å². The molecule has 0 aliphatic rings. The van der Waals surface area contributed by atoms with E-state index in [4.69, 9.17) is 4.74 Å². The molecule has 146 valence electrons. The van der Waals surface area contributed by atoms with Crippen LogP contribution in [0.2, 0.25) is 0 Å². The molecule has 3 rings (SSSR count). The summed E-state index contributed by atoms with van der Waals surface area (Å²) in [5, 5.41) is 11.6. The van der Waals surface area contributed by atoms with Gasteiger partial charge in [0, 0.05) is 11.7 Å². The van der Waals surface area contributed by atoms with Crippen molar-refractivity contribution >= 4 is 22.7 Å². The largest absolute Gasteiger partial charge is 0.594 e. The molecule has 2 aromatic carbocycles.